The summed E-state index contributed by atoms with van der Waals surface area (Å²) in [4.78, 5) is 17.0. The molecule has 6 heteroatoms. The van der Waals surface area contributed by atoms with E-state index in [0.29, 0.717) is 18.1 Å². The first kappa shape index (κ1) is 19.2. The first-order valence-electron chi connectivity index (χ1n) is 8.56. The van der Waals surface area contributed by atoms with Gasteiger partial charge in [-0.2, -0.15) is 5.48 Å². The Morgan fingerprint density at radius 3 is 2.79 bits per heavy atom. The number of carbonyl (C=O) groups is 1. The highest BCUT2D eigenvalue weighted by molar-refractivity contribution is 6.30. The number of carboxylic acid groups (broad SMARTS) is 1. The number of aryl methyl sites for hydroxylation is 1. The molecule has 1 fully saturated rings. The molecule has 0 radical (unpaired) electrons. The molecular weight excluding hydrogens is 330 g/mol. The Balaban J connectivity index is 1.75. The van der Waals surface area contributed by atoms with Crippen LogP contribution in [-0.2, 0) is 20.8 Å². The smallest absolute Gasteiger partial charge is 0.308 e. The number of ether oxygens (including phenoxy) is 1. The Bertz CT molecular complexity index is 502. The summed E-state index contributed by atoms with van der Waals surface area (Å²) in [5.74, 6) is -1.31. The van der Waals surface area contributed by atoms with Gasteiger partial charge < -0.3 is 9.84 Å². The number of nitrogens with one attached hydrogen (secondary N) is 1. The van der Waals surface area contributed by atoms with Crippen molar-refractivity contribution >= 4 is 17.6 Å². The van der Waals surface area contributed by atoms with Crippen LogP contribution in [0.1, 0.15) is 44.6 Å². The van der Waals surface area contributed by atoms with Crippen LogP contribution in [0.4, 0.5) is 0 Å². The molecule has 24 heavy (non-hydrogen) atoms. The third-order valence-electron chi connectivity index (χ3n) is 4.34. The van der Waals surface area contributed by atoms with Crippen molar-refractivity contribution in [2.45, 2.75) is 57.8 Å². The molecule has 3 atom stereocenters. The average molecular weight is 356 g/mol. The standard InChI is InChI=1S/C18H26ClNO4/c1-13(20-24-17-7-2-3-12-23-17)16(18(21)22)6-4-5-14-8-10-15(19)11-9-14/h8-11,13,16-17,20H,2-7,12H2,1H3,(H,21,22). The van der Waals surface area contributed by atoms with Crippen LogP contribution < -0.4 is 5.48 Å². The Morgan fingerprint density at radius 1 is 1.42 bits per heavy atom. The van der Waals surface area contributed by atoms with E-state index in [1.807, 2.05) is 31.2 Å². The summed E-state index contributed by atoms with van der Waals surface area (Å²) in [6, 6.07) is 7.38. The second-order valence-electron chi connectivity index (χ2n) is 6.28. The van der Waals surface area contributed by atoms with Crippen LogP contribution in [0.15, 0.2) is 24.3 Å². The maximum Gasteiger partial charge on any atom is 0.308 e. The van der Waals surface area contributed by atoms with Crippen molar-refractivity contribution < 1.29 is 19.5 Å². The van der Waals surface area contributed by atoms with E-state index in [-0.39, 0.29) is 12.3 Å². The molecule has 2 rings (SSSR count). The van der Waals surface area contributed by atoms with Gasteiger partial charge in [0.25, 0.3) is 0 Å². The van der Waals surface area contributed by atoms with Gasteiger partial charge in [0.1, 0.15) is 0 Å². The van der Waals surface area contributed by atoms with Gasteiger partial charge in [0.15, 0.2) is 6.29 Å². The van der Waals surface area contributed by atoms with Gasteiger partial charge in [-0.1, -0.05) is 23.7 Å². The predicted octanol–water partition coefficient (Wildman–Crippen LogP) is 3.80. The topological polar surface area (TPSA) is 67.8 Å². The molecule has 5 nitrogen and oxygen atoms in total. The summed E-state index contributed by atoms with van der Waals surface area (Å²) in [5.41, 5.74) is 4.03. The van der Waals surface area contributed by atoms with Crippen molar-refractivity contribution in [3.05, 3.63) is 34.9 Å². The monoisotopic (exact) mass is 355 g/mol. The minimum absolute atomic E-state index is 0.273. The Kier molecular flexibility index (Phi) is 7.99. The normalized spacial score (nSPS) is 20.5. The summed E-state index contributed by atoms with van der Waals surface area (Å²) in [6.45, 7) is 2.54. The lowest BCUT2D eigenvalue weighted by molar-refractivity contribution is -0.206. The van der Waals surface area contributed by atoms with Crippen LogP contribution in [0, 0.1) is 5.92 Å². The first-order chi connectivity index (χ1) is 11.6. The number of halogens is 1. The Hall–Kier alpha value is -1.14. The molecular formula is C18H26ClNO4. The molecule has 0 amide bonds. The van der Waals surface area contributed by atoms with Crippen molar-refractivity contribution in [3.8, 4) is 0 Å². The third-order valence-corrected chi connectivity index (χ3v) is 4.59. The first-order valence-corrected chi connectivity index (χ1v) is 8.94. The molecule has 0 bridgehead atoms. The van der Waals surface area contributed by atoms with Crippen LogP contribution in [0.3, 0.4) is 0 Å². The second kappa shape index (κ2) is 9.99. The summed E-state index contributed by atoms with van der Waals surface area (Å²) in [5, 5.41) is 10.2. The average Bonchev–Trinajstić information content (AvgIpc) is 2.59. The molecule has 1 aromatic carbocycles. The fraction of sp³-hybridized carbons (Fsp3) is 0.611. The third kappa shape index (κ3) is 6.40. The largest absolute Gasteiger partial charge is 0.481 e. The molecule has 3 unspecified atom stereocenters. The molecule has 1 heterocycles. The molecule has 2 N–H and O–H groups in total. The van der Waals surface area contributed by atoms with E-state index in [2.05, 4.69) is 5.48 Å². The molecule has 0 aromatic heterocycles. The fourth-order valence-corrected chi connectivity index (χ4v) is 2.96. The zero-order valence-corrected chi connectivity index (χ0v) is 14.8. The number of rotatable bonds is 9. The highest BCUT2D eigenvalue weighted by atomic mass is 35.5. The van der Waals surface area contributed by atoms with E-state index >= 15 is 0 Å². The van der Waals surface area contributed by atoms with E-state index in [4.69, 9.17) is 21.2 Å². The second-order valence-corrected chi connectivity index (χ2v) is 6.72. The number of aliphatic carboxylic acids is 1. The lowest BCUT2D eigenvalue weighted by atomic mass is 9.94. The van der Waals surface area contributed by atoms with Crippen molar-refractivity contribution in [1.82, 2.24) is 5.48 Å². The van der Waals surface area contributed by atoms with Crippen molar-refractivity contribution in [1.29, 1.82) is 0 Å². The zero-order valence-electron chi connectivity index (χ0n) is 14.0. The number of hydroxylamine groups is 1. The number of hydrogen-bond donors (Lipinski definition) is 2. The van der Waals surface area contributed by atoms with Crippen molar-refractivity contribution in [2.24, 2.45) is 5.92 Å². The summed E-state index contributed by atoms with van der Waals surface area (Å²) >= 11 is 5.87. The molecule has 1 aliphatic heterocycles. The minimum Gasteiger partial charge on any atom is -0.481 e. The lowest BCUT2D eigenvalue weighted by Gasteiger charge is -2.26. The van der Waals surface area contributed by atoms with Gasteiger partial charge in [0, 0.05) is 24.1 Å². The van der Waals surface area contributed by atoms with Gasteiger partial charge in [-0.05, 0) is 56.7 Å². The summed E-state index contributed by atoms with van der Waals surface area (Å²) < 4.78 is 5.47. The maximum atomic E-state index is 11.5. The van der Waals surface area contributed by atoms with Crippen LogP contribution >= 0.6 is 11.6 Å². The molecule has 1 aromatic rings. The van der Waals surface area contributed by atoms with Crippen molar-refractivity contribution in [3.63, 3.8) is 0 Å². The van der Waals surface area contributed by atoms with Gasteiger partial charge in [0.05, 0.1) is 5.92 Å². The Morgan fingerprint density at radius 2 is 2.17 bits per heavy atom. The number of hydrogen-bond acceptors (Lipinski definition) is 4. The number of benzene rings is 1. The molecule has 0 saturated carbocycles. The zero-order chi connectivity index (χ0) is 17.4. The minimum atomic E-state index is -0.806. The SMILES string of the molecule is CC(NOC1CCCCO1)C(CCCc1ccc(Cl)cc1)C(=O)O. The molecule has 1 aliphatic rings. The molecule has 0 aliphatic carbocycles. The maximum absolute atomic E-state index is 11.5. The van der Waals surface area contributed by atoms with Gasteiger partial charge in [-0.25, -0.2) is 0 Å². The van der Waals surface area contributed by atoms with Crippen LogP contribution in [0.25, 0.3) is 0 Å². The highest BCUT2D eigenvalue weighted by Gasteiger charge is 2.26. The predicted molar refractivity (Wildman–Crippen MR) is 92.8 cm³/mol. The summed E-state index contributed by atoms with van der Waals surface area (Å²) in [6.07, 6.45) is 4.91. The van der Waals surface area contributed by atoms with E-state index in [9.17, 15) is 9.90 Å². The molecule has 134 valence electrons. The van der Waals surface area contributed by atoms with Gasteiger partial charge in [0.2, 0.25) is 0 Å². The van der Waals surface area contributed by atoms with Crippen molar-refractivity contribution in [2.75, 3.05) is 6.61 Å². The van der Waals surface area contributed by atoms with Gasteiger partial charge in [-0.3, -0.25) is 9.63 Å². The fourth-order valence-electron chi connectivity index (χ4n) is 2.83. The van der Waals surface area contributed by atoms with E-state index in [1.54, 1.807) is 0 Å². The Labute approximate surface area is 148 Å². The van der Waals surface area contributed by atoms with E-state index in [0.717, 1.165) is 37.7 Å². The van der Waals surface area contributed by atoms with Crippen LogP contribution in [0.5, 0.6) is 0 Å². The lowest BCUT2D eigenvalue weighted by Crippen LogP contribution is -2.41. The number of carboxylic acids is 1. The van der Waals surface area contributed by atoms with Crippen LogP contribution in [-0.4, -0.2) is 30.0 Å². The summed E-state index contributed by atoms with van der Waals surface area (Å²) in [7, 11) is 0. The quantitative estimate of drug-likeness (QED) is 0.659. The van der Waals surface area contributed by atoms with E-state index in [1.165, 1.54) is 0 Å². The van der Waals surface area contributed by atoms with Gasteiger partial charge >= 0.3 is 5.97 Å². The van der Waals surface area contributed by atoms with Crippen LogP contribution in [0.2, 0.25) is 5.02 Å². The van der Waals surface area contributed by atoms with E-state index < -0.39 is 11.9 Å². The van der Waals surface area contributed by atoms with Gasteiger partial charge in [-0.15, -0.1) is 0 Å². The highest BCUT2D eigenvalue weighted by Crippen LogP contribution is 2.18. The molecule has 0 spiro atoms. The molecule has 1 saturated heterocycles.